The maximum absolute atomic E-state index is 12.5. The Balaban J connectivity index is 1.76. The molecule has 0 radical (unpaired) electrons. The second-order valence-corrected chi connectivity index (χ2v) is 7.48. The van der Waals surface area contributed by atoms with Gasteiger partial charge in [-0.1, -0.05) is 13.8 Å². The highest BCUT2D eigenvalue weighted by atomic mass is 16.6. The van der Waals surface area contributed by atoms with E-state index < -0.39 is 4.92 Å². The van der Waals surface area contributed by atoms with Crippen LogP contribution in [-0.2, 0) is 9.59 Å². The number of anilines is 1. The predicted molar refractivity (Wildman–Crippen MR) is 107 cm³/mol. The fourth-order valence-corrected chi connectivity index (χ4v) is 2.92. The van der Waals surface area contributed by atoms with Crippen molar-refractivity contribution in [3.63, 3.8) is 0 Å². The van der Waals surface area contributed by atoms with Crippen molar-refractivity contribution in [1.29, 1.82) is 0 Å². The average Bonchev–Trinajstić information content (AvgIpc) is 2.67. The van der Waals surface area contributed by atoms with Crippen LogP contribution in [0.25, 0.3) is 0 Å². The molecule has 2 rings (SSSR count). The number of amides is 2. The second-order valence-electron chi connectivity index (χ2n) is 7.48. The lowest BCUT2D eigenvalue weighted by Gasteiger charge is -2.34. The van der Waals surface area contributed by atoms with Crippen LogP contribution in [0.3, 0.4) is 0 Å². The molecule has 1 aliphatic heterocycles. The van der Waals surface area contributed by atoms with E-state index in [1.165, 1.54) is 17.0 Å². The number of benzene rings is 1. The number of carbonyl (C=O) groups is 2. The lowest BCUT2D eigenvalue weighted by Crippen LogP contribution is -2.51. The van der Waals surface area contributed by atoms with Crippen LogP contribution < -0.4 is 10.2 Å². The zero-order valence-corrected chi connectivity index (χ0v) is 16.8. The predicted octanol–water partition coefficient (Wildman–Crippen LogP) is 0.947. The molecule has 0 unspecified atom stereocenters. The van der Waals surface area contributed by atoms with Gasteiger partial charge in [0, 0.05) is 57.6 Å². The summed E-state index contributed by atoms with van der Waals surface area (Å²) in [5, 5.41) is 13.6. The monoisotopic (exact) mass is 391 g/mol. The van der Waals surface area contributed by atoms with Gasteiger partial charge in [-0.3, -0.25) is 29.5 Å². The zero-order valence-electron chi connectivity index (χ0n) is 16.8. The number of rotatable bonds is 8. The van der Waals surface area contributed by atoms with Gasteiger partial charge in [-0.25, -0.2) is 0 Å². The first-order valence-corrected chi connectivity index (χ1v) is 9.48. The summed E-state index contributed by atoms with van der Waals surface area (Å²) in [6.45, 7) is 8.38. The Morgan fingerprint density at radius 3 is 2.14 bits per heavy atom. The van der Waals surface area contributed by atoms with Gasteiger partial charge in [-0.15, -0.1) is 0 Å². The maximum Gasteiger partial charge on any atom is 0.269 e. The van der Waals surface area contributed by atoms with E-state index >= 15 is 0 Å². The molecule has 0 aromatic heterocycles. The minimum Gasteiger partial charge on any atom is -0.355 e. The van der Waals surface area contributed by atoms with Crippen LogP contribution in [0.5, 0.6) is 0 Å². The van der Waals surface area contributed by atoms with Crippen molar-refractivity contribution in [3.8, 4) is 0 Å². The van der Waals surface area contributed by atoms with Gasteiger partial charge in [0.1, 0.15) is 0 Å². The maximum atomic E-state index is 12.5. The highest BCUT2D eigenvalue weighted by molar-refractivity contribution is 5.94. The number of nitrogens with one attached hydrogen (secondary N) is 1. The van der Waals surface area contributed by atoms with Gasteiger partial charge in [0.2, 0.25) is 11.8 Å². The molecule has 0 bridgehead atoms. The van der Waals surface area contributed by atoms with Gasteiger partial charge in [-0.2, -0.15) is 0 Å². The highest BCUT2D eigenvalue weighted by Gasteiger charge is 2.22. The Labute approximate surface area is 165 Å². The van der Waals surface area contributed by atoms with Gasteiger partial charge in [-0.05, 0) is 18.1 Å². The SMILES string of the molecule is CC(C)CNC(=O)CN1CCN(CC(=O)N(C)c2ccc([N+](=O)[O-])cc2)CC1. The van der Waals surface area contributed by atoms with Crippen LogP contribution >= 0.6 is 0 Å². The molecule has 9 heteroatoms. The number of nitro benzene ring substituents is 1. The number of carbonyl (C=O) groups excluding carboxylic acids is 2. The number of nitrogens with zero attached hydrogens (tertiary/aromatic N) is 4. The van der Waals surface area contributed by atoms with Crippen molar-refractivity contribution in [3.05, 3.63) is 34.4 Å². The number of hydrogen-bond donors (Lipinski definition) is 1. The van der Waals surface area contributed by atoms with Crippen LogP contribution in [0.1, 0.15) is 13.8 Å². The Hall–Kier alpha value is -2.52. The summed E-state index contributed by atoms with van der Waals surface area (Å²) in [6, 6.07) is 5.93. The Morgan fingerprint density at radius 2 is 1.64 bits per heavy atom. The third kappa shape index (κ3) is 6.58. The van der Waals surface area contributed by atoms with Crippen LogP contribution in [0.15, 0.2) is 24.3 Å². The molecule has 1 aromatic rings. The summed E-state index contributed by atoms with van der Waals surface area (Å²) in [5.74, 6) is 0.396. The molecule has 1 saturated heterocycles. The van der Waals surface area contributed by atoms with Crippen molar-refractivity contribution in [2.75, 3.05) is 57.8 Å². The van der Waals surface area contributed by atoms with Crippen molar-refractivity contribution < 1.29 is 14.5 Å². The first-order chi connectivity index (χ1) is 13.3. The summed E-state index contributed by atoms with van der Waals surface area (Å²) < 4.78 is 0. The van der Waals surface area contributed by atoms with Crippen molar-refractivity contribution in [2.24, 2.45) is 5.92 Å². The quantitative estimate of drug-likeness (QED) is 0.523. The van der Waals surface area contributed by atoms with Crippen LogP contribution in [-0.4, -0.2) is 79.4 Å². The zero-order chi connectivity index (χ0) is 20.7. The highest BCUT2D eigenvalue weighted by Crippen LogP contribution is 2.18. The van der Waals surface area contributed by atoms with Crippen molar-refractivity contribution >= 4 is 23.2 Å². The number of hydrogen-bond acceptors (Lipinski definition) is 6. The fraction of sp³-hybridized carbons (Fsp3) is 0.579. The molecule has 1 heterocycles. The summed E-state index contributed by atoms with van der Waals surface area (Å²) in [5.41, 5.74) is 0.620. The summed E-state index contributed by atoms with van der Waals surface area (Å²) in [6.07, 6.45) is 0. The third-order valence-electron chi connectivity index (χ3n) is 4.72. The molecular weight excluding hydrogens is 362 g/mol. The summed E-state index contributed by atoms with van der Waals surface area (Å²) in [4.78, 5) is 40.4. The van der Waals surface area contributed by atoms with Gasteiger partial charge in [0.15, 0.2) is 0 Å². The molecule has 0 saturated carbocycles. The normalized spacial score (nSPS) is 15.4. The van der Waals surface area contributed by atoms with E-state index in [-0.39, 0.29) is 24.0 Å². The summed E-state index contributed by atoms with van der Waals surface area (Å²) >= 11 is 0. The minimum atomic E-state index is -0.464. The Bertz CT molecular complexity index is 684. The van der Waals surface area contributed by atoms with E-state index in [0.717, 1.165) is 26.2 Å². The number of nitro groups is 1. The third-order valence-corrected chi connectivity index (χ3v) is 4.72. The lowest BCUT2D eigenvalue weighted by atomic mass is 10.2. The molecule has 9 nitrogen and oxygen atoms in total. The standard InChI is InChI=1S/C19H29N5O4/c1-15(2)12-20-18(25)13-22-8-10-23(11-9-22)14-19(26)21(3)16-4-6-17(7-5-16)24(27)28/h4-7,15H,8-14H2,1-3H3,(H,20,25). The molecule has 1 fully saturated rings. The number of piperazine rings is 1. The smallest absolute Gasteiger partial charge is 0.269 e. The molecule has 154 valence electrons. The van der Waals surface area contributed by atoms with E-state index in [2.05, 4.69) is 29.0 Å². The Morgan fingerprint density at radius 1 is 1.11 bits per heavy atom. The van der Waals surface area contributed by atoms with Crippen LogP contribution in [0.2, 0.25) is 0 Å². The van der Waals surface area contributed by atoms with E-state index in [1.807, 2.05) is 0 Å². The molecule has 1 aliphatic rings. The molecule has 0 aliphatic carbocycles. The number of likely N-dealkylation sites (N-methyl/N-ethyl adjacent to an activating group) is 1. The molecule has 0 spiro atoms. The van der Waals surface area contributed by atoms with Gasteiger partial charge < -0.3 is 10.2 Å². The topological polar surface area (TPSA) is 99.0 Å². The number of non-ortho nitro benzene ring substituents is 1. The second kappa shape index (κ2) is 10.1. The summed E-state index contributed by atoms with van der Waals surface area (Å²) in [7, 11) is 1.67. The molecule has 1 aromatic carbocycles. The van der Waals surface area contributed by atoms with Crippen LogP contribution in [0.4, 0.5) is 11.4 Å². The van der Waals surface area contributed by atoms with E-state index in [1.54, 1.807) is 19.2 Å². The minimum absolute atomic E-state index is 0.00171. The molecule has 28 heavy (non-hydrogen) atoms. The molecule has 0 atom stereocenters. The van der Waals surface area contributed by atoms with E-state index in [0.29, 0.717) is 24.7 Å². The lowest BCUT2D eigenvalue weighted by molar-refractivity contribution is -0.384. The Kier molecular flexibility index (Phi) is 7.89. The van der Waals surface area contributed by atoms with Gasteiger partial charge in [0.05, 0.1) is 18.0 Å². The molecular formula is C19H29N5O4. The molecule has 2 amide bonds. The van der Waals surface area contributed by atoms with Crippen LogP contribution in [0, 0.1) is 16.0 Å². The average molecular weight is 391 g/mol. The van der Waals surface area contributed by atoms with E-state index in [9.17, 15) is 19.7 Å². The fourth-order valence-electron chi connectivity index (χ4n) is 2.92. The largest absolute Gasteiger partial charge is 0.355 e. The van der Waals surface area contributed by atoms with E-state index in [4.69, 9.17) is 0 Å². The van der Waals surface area contributed by atoms with Gasteiger partial charge in [0.25, 0.3) is 5.69 Å². The molecule has 1 N–H and O–H groups in total. The van der Waals surface area contributed by atoms with Gasteiger partial charge >= 0.3 is 0 Å². The van der Waals surface area contributed by atoms with Crippen molar-refractivity contribution in [2.45, 2.75) is 13.8 Å². The first-order valence-electron chi connectivity index (χ1n) is 9.48. The van der Waals surface area contributed by atoms with Crippen molar-refractivity contribution in [1.82, 2.24) is 15.1 Å². The first kappa shape index (κ1) is 21.8.